The molecule has 1 amide bonds. The van der Waals surface area contributed by atoms with Gasteiger partial charge in [-0.25, -0.2) is 8.42 Å². The number of hydrogen-bond donors (Lipinski definition) is 3. The van der Waals surface area contributed by atoms with E-state index in [1.54, 1.807) is 24.3 Å². The van der Waals surface area contributed by atoms with E-state index < -0.39 is 28.3 Å². The van der Waals surface area contributed by atoms with E-state index in [9.17, 15) is 18.3 Å². The lowest BCUT2D eigenvalue weighted by Crippen LogP contribution is -2.45. The fourth-order valence-electron chi connectivity index (χ4n) is 6.72. The van der Waals surface area contributed by atoms with Crippen LogP contribution in [0.2, 0.25) is 0 Å². The van der Waals surface area contributed by atoms with Crippen LogP contribution in [0.4, 0.5) is 5.69 Å². The van der Waals surface area contributed by atoms with Crippen LogP contribution in [0.1, 0.15) is 65.7 Å². The second-order valence-electron chi connectivity index (χ2n) is 14.1. The maximum Gasteiger partial charge on any atom is 0.242 e. The van der Waals surface area contributed by atoms with Crippen LogP contribution < -0.4 is 10.0 Å². The van der Waals surface area contributed by atoms with Crippen molar-refractivity contribution in [3.63, 3.8) is 0 Å². The van der Waals surface area contributed by atoms with Crippen LogP contribution in [0, 0.1) is 12.8 Å². The SMILES string of the molecule is Cc1ccc(S(=O)(=O)N[C@H](Cc2ccccc2)C(=O)Nc2ccc([C@@H]3O[C@H](CN(C)[C@@H](C)c4ccccc4)[C@H](C)[C@H](c4ccc(CO)cc4)O3)cc2)cc1. The molecule has 9 nitrogen and oxygen atoms in total. The number of anilines is 1. The molecule has 0 bridgehead atoms. The van der Waals surface area contributed by atoms with E-state index in [1.165, 1.54) is 17.7 Å². The summed E-state index contributed by atoms with van der Waals surface area (Å²) in [5.74, 6) is -0.473. The van der Waals surface area contributed by atoms with E-state index in [2.05, 4.69) is 60.1 Å². The molecule has 1 heterocycles. The van der Waals surface area contributed by atoms with Crippen LogP contribution >= 0.6 is 0 Å². The minimum atomic E-state index is -3.99. The van der Waals surface area contributed by atoms with Gasteiger partial charge in [-0.05, 0) is 73.8 Å². The summed E-state index contributed by atoms with van der Waals surface area (Å²) in [6.45, 7) is 6.84. The Bertz CT molecular complexity index is 2060. The first-order chi connectivity index (χ1) is 26.0. The first-order valence-electron chi connectivity index (χ1n) is 18.3. The van der Waals surface area contributed by atoms with Gasteiger partial charge >= 0.3 is 0 Å². The van der Waals surface area contributed by atoms with Gasteiger partial charge < -0.3 is 19.9 Å². The van der Waals surface area contributed by atoms with Gasteiger partial charge in [0.05, 0.1) is 23.7 Å². The zero-order valence-electron chi connectivity index (χ0n) is 31.1. The van der Waals surface area contributed by atoms with Gasteiger partial charge in [0, 0.05) is 29.8 Å². The van der Waals surface area contributed by atoms with Crippen LogP contribution in [-0.4, -0.2) is 50.1 Å². The Balaban J connectivity index is 1.20. The van der Waals surface area contributed by atoms with E-state index in [1.807, 2.05) is 79.7 Å². The molecule has 5 aromatic rings. The number of benzene rings is 5. The van der Waals surface area contributed by atoms with Crippen molar-refractivity contribution < 1.29 is 27.8 Å². The van der Waals surface area contributed by atoms with Crippen molar-refractivity contribution in [2.75, 3.05) is 18.9 Å². The van der Waals surface area contributed by atoms with Gasteiger partial charge in [-0.2, -0.15) is 4.72 Å². The predicted molar refractivity (Wildman–Crippen MR) is 211 cm³/mol. The molecule has 0 unspecified atom stereocenters. The third kappa shape index (κ3) is 9.70. The predicted octanol–water partition coefficient (Wildman–Crippen LogP) is 7.50. The van der Waals surface area contributed by atoms with E-state index in [0.29, 0.717) is 12.2 Å². The fourth-order valence-corrected chi connectivity index (χ4v) is 7.91. The van der Waals surface area contributed by atoms with Gasteiger partial charge in [0.25, 0.3) is 0 Å². The Morgan fingerprint density at radius 2 is 1.41 bits per heavy atom. The monoisotopic (exact) mass is 747 g/mol. The lowest BCUT2D eigenvalue weighted by Gasteiger charge is -2.43. The molecule has 1 aliphatic rings. The first-order valence-corrected chi connectivity index (χ1v) is 19.8. The molecule has 0 aromatic heterocycles. The lowest BCUT2D eigenvalue weighted by molar-refractivity contribution is -0.276. The molecular weight excluding hydrogens is 699 g/mol. The highest BCUT2D eigenvalue weighted by molar-refractivity contribution is 7.89. The van der Waals surface area contributed by atoms with Crippen molar-refractivity contribution in [2.45, 2.75) is 69.3 Å². The number of sulfonamides is 1. The van der Waals surface area contributed by atoms with E-state index in [0.717, 1.165) is 27.8 Å². The molecule has 1 fully saturated rings. The summed E-state index contributed by atoms with van der Waals surface area (Å²) in [4.78, 5) is 16.1. The molecular formula is C44H49N3O6S. The summed E-state index contributed by atoms with van der Waals surface area (Å²) in [6.07, 6.45) is -0.980. The van der Waals surface area contributed by atoms with Crippen LogP contribution in [-0.2, 0) is 37.3 Å². The average molecular weight is 748 g/mol. The zero-order chi connectivity index (χ0) is 38.2. The summed E-state index contributed by atoms with van der Waals surface area (Å²) in [5.41, 5.74) is 6.08. The summed E-state index contributed by atoms with van der Waals surface area (Å²) in [6, 6.07) is 40.4. The molecule has 0 saturated carbocycles. The van der Waals surface area contributed by atoms with Gasteiger partial charge in [0.2, 0.25) is 15.9 Å². The number of nitrogens with zero attached hydrogens (tertiary/aromatic N) is 1. The molecule has 282 valence electrons. The van der Waals surface area contributed by atoms with E-state index >= 15 is 0 Å². The van der Waals surface area contributed by atoms with Gasteiger partial charge in [0.15, 0.2) is 6.29 Å². The van der Waals surface area contributed by atoms with E-state index in [4.69, 9.17) is 9.47 Å². The molecule has 5 aromatic carbocycles. The molecule has 6 atom stereocenters. The number of carbonyl (C=O) groups is 1. The average Bonchev–Trinajstić information content (AvgIpc) is 3.19. The molecule has 0 spiro atoms. The fraction of sp³-hybridized carbons (Fsp3) is 0.295. The number of likely N-dealkylation sites (N-methyl/N-ethyl adjacent to an activating group) is 1. The summed E-state index contributed by atoms with van der Waals surface area (Å²) >= 11 is 0. The number of hydrogen-bond acceptors (Lipinski definition) is 7. The Labute approximate surface area is 319 Å². The van der Waals surface area contributed by atoms with Gasteiger partial charge in [-0.3, -0.25) is 9.69 Å². The molecule has 54 heavy (non-hydrogen) atoms. The van der Waals surface area contributed by atoms with Crippen LogP contribution in [0.25, 0.3) is 0 Å². The van der Waals surface area contributed by atoms with Gasteiger partial charge in [-0.15, -0.1) is 0 Å². The van der Waals surface area contributed by atoms with Gasteiger partial charge in [0.1, 0.15) is 6.04 Å². The number of aliphatic hydroxyl groups excluding tert-OH is 1. The van der Waals surface area contributed by atoms with Crippen molar-refractivity contribution in [3.8, 4) is 0 Å². The number of amides is 1. The number of nitrogens with one attached hydrogen (secondary N) is 2. The van der Waals surface area contributed by atoms with Crippen LogP contribution in [0.15, 0.2) is 138 Å². The van der Waals surface area contributed by atoms with Crippen LogP contribution in [0.5, 0.6) is 0 Å². The number of aliphatic hydroxyl groups is 1. The van der Waals surface area contributed by atoms with E-state index in [-0.39, 0.29) is 42.1 Å². The van der Waals surface area contributed by atoms with Crippen LogP contribution in [0.3, 0.4) is 0 Å². The topological polar surface area (TPSA) is 117 Å². The minimum Gasteiger partial charge on any atom is -0.392 e. The minimum absolute atomic E-state index is 0.00967. The maximum absolute atomic E-state index is 13.7. The van der Waals surface area contributed by atoms with Crippen molar-refractivity contribution in [1.82, 2.24) is 9.62 Å². The van der Waals surface area contributed by atoms with Crippen molar-refractivity contribution in [3.05, 3.63) is 167 Å². The largest absolute Gasteiger partial charge is 0.392 e. The third-order valence-electron chi connectivity index (χ3n) is 10.2. The van der Waals surface area contributed by atoms with Crippen molar-refractivity contribution in [2.24, 2.45) is 5.92 Å². The quantitative estimate of drug-likeness (QED) is 0.108. The third-order valence-corrected chi connectivity index (χ3v) is 11.7. The van der Waals surface area contributed by atoms with Gasteiger partial charge in [-0.1, -0.05) is 122 Å². The standard InChI is InChI=1S/C44H49N3O6S/c1-30-15-25-39(26-16-30)54(50,51)46-40(27-33-11-7-5-8-12-33)43(49)45-38-23-21-37(22-24-38)44-52-41(28-47(4)32(3)35-13-9-6-10-14-35)31(2)42(53-44)36-19-17-34(29-48)18-20-36/h5-26,31-32,40-42,44,46,48H,27-29H2,1-4H3,(H,45,49)/t31-,32-,40+,41+,42+,44+/m0/s1. The highest BCUT2D eigenvalue weighted by Gasteiger charge is 2.39. The molecule has 10 heteroatoms. The first kappa shape index (κ1) is 39.0. The molecule has 0 aliphatic carbocycles. The second-order valence-corrected chi connectivity index (χ2v) is 15.9. The Hall–Kier alpha value is -4.68. The molecule has 1 aliphatic heterocycles. The molecule has 0 radical (unpaired) electrons. The van der Waals surface area contributed by atoms with Crippen molar-refractivity contribution >= 4 is 21.6 Å². The normalized spacial score (nSPS) is 20.0. The zero-order valence-corrected chi connectivity index (χ0v) is 31.9. The molecule has 1 saturated heterocycles. The summed E-state index contributed by atoms with van der Waals surface area (Å²) < 4.78 is 42.7. The number of rotatable bonds is 14. The smallest absolute Gasteiger partial charge is 0.242 e. The Morgan fingerprint density at radius 1 is 0.796 bits per heavy atom. The Morgan fingerprint density at radius 3 is 2.04 bits per heavy atom. The lowest BCUT2D eigenvalue weighted by atomic mass is 9.89. The highest BCUT2D eigenvalue weighted by Crippen LogP contribution is 2.42. The second kappa shape index (κ2) is 17.6. The summed E-state index contributed by atoms with van der Waals surface area (Å²) in [5, 5.41) is 12.6. The number of aryl methyl sites for hydroxylation is 1. The highest BCUT2D eigenvalue weighted by atomic mass is 32.2. The Kier molecular flexibility index (Phi) is 12.7. The number of ether oxygens (including phenoxy) is 2. The molecule has 6 rings (SSSR count). The molecule has 3 N–H and O–H groups in total. The maximum atomic E-state index is 13.7. The number of carbonyl (C=O) groups excluding carboxylic acids is 1. The summed E-state index contributed by atoms with van der Waals surface area (Å²) in [7, 11) is -1.88. The van der Waals surface area contributed by atoms with Crippen molar-refractivity contribution in [1.29, 1.82) is 0 Å².